The van der Waals surface area contributed by atoms with Gasteiger partial charge < -0.3 is 4.74 Å². The maximum atomic E-state index is 11.7. The second kappa shape index (κ2) is 10.4. The van der Waals surface area contributed by atoms with Crippen LogP contribution in [-0.2, 0) is 16.6 Å². The van der Waals surface area contributed by atoms with Gasteiger partial charge in [-0.1, -0.05) is 80.6 Å². The third kappa shape index (κ3) is 5.78. The van der Waals surface area contributed by atoms with E-state index in [4.69, 9.17) is 4.74 Å². The summed E-state index contributed by atoms with van der Waals surface area (Å²) in [6.07, 6.45) is 7.79. The van der Waals surface area contributed by atoms with E-state index in [1.54, 1.807) is 0 Å². The largest absolute Gasteiger partial charge is 0.465 e. The highest BCUT2D eigenvalue weighted by Gasteiger charge is 2.28. The number of aryl methyl sites for hydroxylation is 1. The van der Waals surface area contributed by atoms with Gasteiger partial charge in [0.25, 0.3) is 0 Å². The molecule has 3 heteroatoms. The lowest BCUT2D eigenvalue weighted by Gasteiger charge is -2.33. The van der Waals surface area contributed by atoms with E-state index in [-0.39, 0.29) is 11.4 Å². The monoisotopic (exact) mass is 456 g/mol. The average Bonchev–Trinajstić information content (AvgIpc) is 2.84. The molecule has 0 aromatic heterocycles. The summed E-state index contributed by atoms with van der Waals surface area (Å²) in [5, 5.41) is 0. The number of methoxy groups -OCH3 is 1. The van der Waals surface area contributed by atoms with Gasteiger partial charge in [0.05, 0.1) is 12.7 Å². The van der Waals surface area contributed by atoms with Gasteiger partial charge in [-0.15, -0.1) is 11.8 Å². The molecular formula is C30H32O2S. The fourth-order valence-electron chi connectivity index (χ4n) is 4.40. The maximum absolute atomic E-state index is 11.7. The van der Waals surface area contributed by atoms with Crippen LogP contribution in [0.4, 0.5) is 0 Å². The number of carbonyl (C=O) groups is 1. The number of ether oxygens (including phenoxy) is 1. The van der Waals surface area contributed by atoms with Crippen molar-refractivity contribution in [2.24, 2.45) is 0 Å². The molecule has 4 rings (SSSR count). The zero-order valence-corrected chi connectivity index (χ0v) is 20.5. The molecule has 0 saturated heterocycles. The van der Waals surface area contributed by atoms with Crippen molar-refractivity contribution in [1.29, 1.82) is 0 Å². The van der Waals surface area contributed by atoms with Crippen molar-refractivity contribution in [2.75, 3.05) is 12.9 Å². The van der Waals surface area contributed by atoms with E-state index in [9.17, 15) is 4.79 Å². The zero-order chi connectivity index (χ0) is 23.3. The van der Waals surface area contributed by atoms with Crippen molar-refractivity contribution in [3.8, 4) is 0 Å². The minimum Gasteiger partial charge on any atom is -0.465 e. The lowest BCUT2D eigenvalue weighted by molar-refractivity contribution is 0.0600. The highest BCUT2D eigenvalue weighted by atomic mass is 32.2. The average molecular weight is 457 g/mol. The summed E-state index contributed by atoms with van der Waals surface area (Å²) in [7, 11) is 1.41. The third-order valence-corrected chi connectivity index (χ3v) is 7.66. The summed E-state index contributed by atoms with van der Waals surface area (Å²) in [4.78, 5) is 13.2. The zero-order valence-electron chi connectivity index (χ0n) is 19.7. The van der Waals surface area contributed by atoms with E-state index in [0.29, 0.717) is 11.5 Å². The summed E-state index contributed by atoms with van der Waals surface area (Å²) >= 11 is 1.98. The lowest BCUT2D eigenvalue weighted by atomic mass is 9.79. The molecule has 0 saturated carbocycles. The molecule has 1 aliphatic heterocycles. The first-order chi connectivity index (χ1) is 16.0. The van der Waals surface area contributed by atoms with Crippen LogP contribution in [0.25, 0.3) is 6.08 Å². The number of hydrogen-bond donors (Lipinski definition) is 0. The van der Waals surface area contributed by atoms with Gasteiger partial charge in [0.1, 0.15) is 0 Å². The fraction of sp³-hybridized carbons (Fsp3) is 0.300. The van der Waals surface area contributed by atoms with Gasteiger partial charge in [0.15, 0.2) is 0 Å². The summed E-state index contributed by atoms with van der Waals surface area (Å²) in [5.41, 5.74) is 6.10. The Morgan fingerprint density at radius 3 is 2.55 bits per heavy atom. The summed E-state index contributed by atoms with van der Waals surface area (Å²) in [5.74, 6) is 1.21. The highest BCUT2D eigenvalue weighted by molar-refractivity contribution is 7.99. The Kier molecular flexibility index (Phi) is 7.39. The molecule has 0 radical (unpaired) electrons. The van der Waals surface area contributed by atoms with Gasteiger partial charge in [0, 0.05) is 10.8 Å². The number of carbonyl (C=O) groups excluding carboxylic acids is 1. The molecule has 0 aliphatic carbocycles. The van der Waals surface area contributed by atoms with Crippen molar-refractivity contribution in [3.63, 3.8) is 0 Å². The van der Waals surface area contributed by atoms with Crippen LogP contribution < -0.4 is 0 Å². The molecule has 2 nitrogen and oxygen atoms in total. The third-order valence-electron chi connectivity index (χ3n) is 6.59. The van der Waals surface area contributed by atoms with Gasteiger partial charge in [-0.3, -0.25) is 0 Å². The van der Waals surface area contributed by atoms with Gasteiger partial charge in [-0.25, -0.2) is 4.79 Å². The molecule has 0 bridgehead atoms. The number of rotatable bonds is 7. The predicted molar refractivity (Wildman–Crippen MR) is 139 cm³/mol. The van der Waals surface area contributed by atoms with E-state index in [0.717, 1.165) is 18.4 Å². The number of benzene rings is 3. The van der Waals surface area contributed by atoms with Crippen molar-refractivity contribution >= 4 is 23.8 Å². The Hall–Kier alpha value is -2.78. The molecule has 0 N–H and O–H groups in total. The Morgan fingerprint density at radius 2 is 1.82 bits per heavy atom. The van der Waals surface area contributed by atoms with Crippen LogP contribution in [-0.4, -0.2) is 18.8 Å². The van der Waals surface area contributed by atoms with Gasteiger partial charge in [-0.2, -0.15) is 0 Å². The quantitative estimate of drug-likeness (QED) is 0.341. The van der Waals surface area contributed by atoms with Crippen molar-refractivity contribution in [3.05, 3.63) is 107 Å². The lowest BCUT2D eigenvalue weighted by Crippen LogP contribution is -2.23. The topological polar surface area (TPSA) is 26.3 Å². The molecule has 3 aromatic rings. The number of hydrogen-bond acceptors (Lipinski definition) is 3. The molecular weight excluding hydrogens is 424 g/mol. The van der Waals surface area contributed by atoms with Crippen LogP contribution in [0.2, 0.25) is 0 Å². The van der Waals surface area contributed by atoms with E-state index in [1.165, 1.54) is 40.9 Å². The second-order valence-electron chi connectivity index (χ2n) is 9.34. The predicted octanol–water partition coefficient (Wildman–Crippen LogP) is 7.68. The molecule has 33 heavy (non-hydrogen) atoms. The minimum atomic E-state index is -0.305. The van der Waals surface area contributed by atoms with E-state index < -0.39 is 0 Å². The number of thioether (sulfide) groups is 1. The van der Waals surface area contributed by atoms with Gasteiger partial charge >= 0.3 is 5.97 Å². The molecule has 170 valence electrons. The molecule has 0 spiro atoms. The SMILES string of the molecule is COC(=O)c1ccc(/C=C/C(CCc2ccccc2)c2ccc3c(c2)C(C)(C)CCS3)cc1. The Bertz CT molecular complexity index is 1110. The molecule has 1 atom stereocenters. The summed E-state index contributed by atoms with van der Waals surface area (Å²) < 4.78 is 4.81. The van der Waals surface area contributed by atoms with Crippen LogP contribution >= 0.6 is 11.8 Å². The number of esters is 1. The highest BCUT2D eigenvalue weighted by Crippen LogP contribution is 2.43. The van der Waals surface area contributed by atoms with Gasteiger partial charge in [-0.05, 0) is 70.9 Å². The molecule has 3 aromatic carbocycles. The Balaban J connectivity index is 1.61. The first-order valence-electron chi connectivity index (χ1n) is 11.6. The molecule has 1 unspecified atom stereocenters. The molecule has 1 aliphatic rings. The van der Waals surface area contributed by atoms with Crippen LogP contribution in [0.5, 0.6) is 0 Å². The van der Waals surface area contributed by atoms with Gasteiger partial charge in [0.2, 0.25) is 0 Å². The minimum absolute atomic E-state index is 0.216. The second-order valence-corrected chi connectivity index (χ2v) is 10.5. The van der Waals surface area contributed by atoms with E-state index in [1.807, 2.05) is 36.0 Å². The van der Waals surface area contributed by atoms with E-state index >= 15 is 0 Å². The standard InChI is InChI=1S/C30H32O2S/c1-30(2)19-20-33-28-18-17-26(21-27(28)30)24(13-9-22-7-5-4-6-8-22)14-10-23-11-15-25(16-12-23)29(31)32-3/h4-8,10-12,14-18,21,24H,9,13,19-20H2,1-3H3/b14-10+. The van der Waals surface area contributed by atoms with Crippen LogP contribution in [0.1, 0.15) is 65.2 Å². The number of allylic oxidation sites excluding steroid dienone is 1. The van der Waals surface area contributed by atoms with Crippen molar-refractivity contribution in [1.82, 2.24) is 0 Å². The first kappa shape index (κ1) is 23.4. The van der Waals surface area contributed by atoms with Crippen LogP contribution in [0.3, 0.4) is 0 Å². The summed E-state index contributed by atoms with van der Waals surface area (Å²) in [6.45, 7) is 4.74. The van der Waals surface area contributed by atoms with Crippen molar-refractivity contribution in [2.45, 2.75) is 49.3 Å². The molecule has 0 amide bonds. The fourth-order valence-corrected chi connectivity index (χ4v) is 5.89. The Morgan fingerprint density at radius 1 is 1.06 bits per heavy atom. The molecule has 1 heterocycles. The molecule has 0 fully saturated rings. The van der Waals surface area contributed by atoms with Crippen LogP contribution in [0.15, 0.2) is 83.8 Å². The maximum Gasteiger partial charge on any atom is 0.337 e. The summed E-state index contributed by atoms with van der Waals surface area (Å²) in [6, 6.07) is 25.4. The smallest absolute Gasteiger partial charge is 0.337 e. The Labute approximate surface area is 202 Å². The van der Waals surface area contributed by atoms with E-state index in [2.05, 4.69) is 74.5 Å². The van der Waals surface area contributed by atoms with Crippen LogP contribution in [0, 0.1) is 0 Å². The van der Waals surface area contributed by atoms with Crippen molar-refractivity contribution < 1.29 is 9.53 Å². The number of fused-ring (bicyclic) bond motifs is 1. The first-order valence-corrected chi connectivity index (χ1v) is 12.6. The normalized spacial score (nSPS) is 15.7.